The second kappa shape index (κ2) is 9.58. The van der Waals surface area contributed by atoms with Crippen LogP contribution >= 0.6 is 0 Å². The maximum Gasteiger partial charge on any atom is 0.209 e. The van der Waals surface area contributed by atoms with Crippen molar-refractivity contribution >= 4 is 16.0 Å². The highest BCUT2D eigenvalue weighted by atomic mass is 32.2. The highest BCUT2D eigenvalue weighted by Gasteiger charge is 2.22. The summed E-state index contributed by atoms with van der Waals surface area (Å²) < 4.78 is 25.3. The molecular formula is C16H35N5O2S. The number of hydrogen-bond donors (Lipinski definition) is 3. The van der Waals surface area contributed by atoms with Gasteiger partial charge in [-0.1, -0.05) is 6.42 Å². The molecule has 8 heteroatoms. The zero-order valence-electron chi connectivity index (χ0n) is 15.9. The quantitative estimate of drug-likeness (QED) is 0.337. The van der Waals surface area contributed by atoms with Gasteiger partial charge in [0.15, 0.2) is 5.96 Å². The first-order valence-corrected chi connectivity index (χ1v) is 10.7. The first kappa shape index (κ1) is 21.2. The highest BCUT2D eigenvalue weighted by Crippen LogP contribution is 2.15. The lowest BCUT2D eigenvalue weighted by Crippen LogP contribution is -2.53. The molecule has 0 spiro atoms. The molecule has 7 nitrogen and oxygen atoms in total. The first-order chi connectivity index (χ1) is 11.1. The molecule has 1 heterocycles. The largest absolute Gasteiger partial charge is 0.356 e. The number of sulfonamides is 1. The summed E-state index contributed by atoms with van der Waals surface area (Å²) in [5.41, 5.74) is -0.575. The Kier molecular flexibility index (Phi) is 8.45. The molecule has 142 valence electrons. The van der Waals surface area contributed by atoms with Gasteiger partial charge in [-0.2, -0.15) is 0 Å². The number of hydrogen-bond acceptors (Lipinski definition) is 4. The molecule has 1 atom stereocenters. The molecule has 0 aliphatic carbocycles. The summed E-state index contributed by atoms with van der Waals surface area (Å²) in [4.78, 5) is 6.75. The third-order valence-corrected chi connectivity index (χ3v) is 5.16. The summed E-state index contributed by atoms with van der Waals surface area (Å²) in [6.45, 7) is 9.61. The van der Waals surface area contributed by atoms with E-state index in [0.29, 0.717) is 18.5 Å². The molecule has 0 aromatic carbocycles. The van der Waals surface area contributed by atoms with E-state index >= 15 is 0 Å². The van der Waals surface area contributed by atoms with Crippen LogP contribution in [0.3, 0.4) is 0 Å². The fraction of sp³-hybridized carbons (Fsp3) is 0.938. The van der Waals surface area contributed by atoms with E-state index in [1.807, 2.05) is 13.8 Å². The van der Waals surface area contributed by atoms with Gasteiger partial charge in [-0.05, 0) is 46.6 Å². The van der Waals surface area contributed by atoms with Crippen LogP contribution in [0.15, 0.2) is 4.99 Å². The van der Waals surface area contributed by atoms with E-state index in [1.54, 1.807) is 7.05 Å². The van der Waals surface area contributed by atoms with Crippen molar-refractivity contribution in [2.24, 2.45) is 4.99 Å². The predicted octanol–water partition coefficient (Wildman–Crippen LogP) is 0.744. The van der Waals surface area contributed by atoms with E-state index in [1.165, 1.54) is 32.1 Å². The van der Waals surface area contributed by atoms with Crippen LogP contribution in [0, 0.1) is 0 Å². The molecule has 1 fully saturated rings. The number of piperidine rings is 1. The van der Waals surface area contributed by atoms with Gasteiger partial charge in [0, 0.05) is 38.3 Å². The Morgan fingerprint density at radius 3 is 2.58 bits per heavy atom. The van der Waals surface area contributed by atoms with Crippen LogP contribution in [-0.4, -0.2) is 70.3 Å². The average molecular weight is 362 g/mol. The van der Waals surface area contributed by atoms with Gasteiger partial charge >= 0.3 is 0 Å². The number of nitrogens with one attached hydrogen (secondary N) is 3. The zero-order valence-corrected chi connectivity index (χ0v) is 16.7. The van der Waals surface area contributed by atoms with Gasteiger partial charge < -0.3 is 15.5 Å². The monoisotopic (exact) mass is 361 g/mol. The van der Waals surface area contributed by atoms with Crippen LogP contribution in [0.2, 0.25) is 0 Å². The third kappa shape index (κ3) is 8.84. The Balaban J connectivity index is 2.27. The normalized spacial score (nSPS) is 20.9. The molecule has 1 aliphatic rings. The molecule has 0 amide bonds. The molecule has 24 heavy (non-hydrogen) atoms. The summed E-state index contributed by atoms with van der Waals surface area (Å²) in [6.07, 6.45) is 6.20. The number of aliphatic imine (C=N–C) groups is 1. The van der Waals surface area contributed by atoms with Crippen molar-refractivity contribution in [3.05, 3.63) is 0 Å². The molecule has 0 saturated carbocycles. The summed E-state index contributed by atoms with van der Waals surface area (Å²) >= 11 is 0. The molecular weight excluding hydrogens is 326 g/mol. The lowest BCUT2D eigenvalue weighted by atomic mass is 10.0. The molecule has 0 radical (unpaired) electrons. The van der Waals surface area contributed by atoms with Gasteiger partial charge in [-0.3, -0.25) is 4.99 Å². The average Bonchev–Trinajstić information content (AvgIpc) is 2.45. The van der Waals surface area contributed by atoms with Gasteiger partial charge in [-0.25, -0.2) is 13.1 Å². The van der Waals surface area contributed by atoms with Gasteiger partial charge in [0.25, 0.3) is 0 Å². The van der Waals surface area contributed by atoms with Crippen molar-refractivity contribution < 1.29 is 8.42 Å². The second-order valence-corrected chi connectivity index (χ2v) is 9.09. The molecule has 1 unspecified atom stereocenters. The lowest BCUT2D eigenvalue weighted by Gasteiger charge is -2.33. The number of rotatable bonds is 8. The summed E-state index contributed by atoms with van der Waals surface area (Å²) in [6, 6.07) is 0.694. The van der Waals surface area contributed by atoms with Crippen LogP contribution in [0.4, 0.5) is 0 Å². The van der Waals surface area contributed by atoms with Crippen LogP contribution in [-0.2, 0) is 10.0 Å². The maximum absolute atomic E-state index is 11.4. The second-order valence-electron chi connectivity index (χ2n) is 7.34. The molecule has 0 aromatic heterocycles. The van der Waals surface area contributed by atoms with E-state index in [0.717, 1.165) is 19.5 Å². The van der Waals surface area contributed by atoms with E-state index in [2.05, 4.69) is 32.2 Å². The number of nitrogens with zero attached hydrogens (tertiary/aromatic N) is 2. The van der Waals surface area contributed by atoms with E-state index in [4.69, 9.17) is 0 Å². The minimum atomic E-state index is -3.23. The van der Waals surface area contributed by atoms with E-state index in [-0.39, 0.29) is 0 Å². The zero-order chi connectivity index (χ0) is 18.2. The van der Waals surface area contributed by atoms with E-state index < -0.39 is 15.6 Å². The number of likely N-dealkylation sites (tertiary alicyclic amines) is 1. The Morgan fingerprint density at radius 2 is 2.00 bits per heavy atom. The van der Waals surface area contributed by atoms with E-state index in [9.17, 15) is 8.42 Å². The molecule has 3 N–H and O–H groups in total. The van der Waals surface area contributed by atoms with Crippen molar-refractivity contribution in [2.45, 2.75) is 58.0 Å². The Hall–Kier alpha value is -0.860. The molecule has 0 bridgehead atoms. The van der Waals surface area contributed by atoms with Crippen LogP contribution in [0.25, 0.3) is 0 Å². The van der Waals surface area contributed by atoms with Crippen molar-refractivity contribution in [3.8, 4) is 0 Å². The van der Waals surface area contributed by atoms with Gasteiger partial charge in [0.2, 0.25) is 10.0 Å². The first-order valence-electron chi connectivity index (χ1n) is 8.80. The fourth-order valence-corrected chi connectivity index (χ4v) is 4.12. The molecule has 1 aliphatic heterocycles. The Bertz CT molecular complexity index is 505. The lowest BCUT2D eigenvalue weighted by molar-refractivity contribution is 0.159. The SMILES string of the molecule is CN=C(NCCCN1CCCCC1C)NCC(C)(C)NS(C)(=O)=O. The molecule has 1 saturated heterocycles. The summed E-state index contributed by atoms with van der Waals surface area (Å²) in [5, 5.41) is 6.47. The van der Waals surface area contributed by atoms with Crippen molar-refractivity contribution in [3.63, 3.8) is 0 Å². The van der Waals surface area contributed by atoms with Gasteiger partial charge in [0.1, 0.15) is 0 Å². The predicted molar refractivity (Wildman–Crippen MR) is 101 cm³/mol. The number of guanidine groups is 1. The molecule has 0 aromatic rings. The highest BCUT2D eigenvalue weighted by molar-refractivity contribution is 7.88. The van der Waals surface area contributed by atoms with Crippen molar-refractivity contribution in [1.29, 1.82) is 0 Å². The smallest absolute Gasteiger partial charge is 0.209 e. The topological polar surface area (TPSA) is 85.8 Å². The summed E-state index contributed by atoms with van der Waals surface area (Å²) in [7, 11) is -1.51. The minimum Gasteiger partial charge on any atom is -0.356 e. The maximum atomic E-state index is 11.4. The fourth-order valence-electron chi connectivity index (χ4n) is 3.04. The van der Waals surface area contributed by atoms with Gasteiger partial charge in [0.05, 0.1) is 6.26 Å². The molecule has 1 rings (SSSR count). The van der Waals surface area contributed by atoms with Crippen LogP contribution < -0.4 is 15.4 Å². The Morgan fingerprint density at radius 1 is 1.29 bits per heavy atom. The van der Waals surface area contributed by atoms with Gasteiger partial charge in [-0.15, -0.1) is 0 Å². The van der Waals surface area contributed by atoms with Crippen molar-refractivity contribution in [1.82, 2.24) is 20.3 Å². The van der Waals surface area contributed by atoms with Crippen LogP contribution in [0.1, 0.15) is 46.5 Å². The Labute approximate surface area is 147 Å². The third-order valence-electron chi connectivity index (χ3n) is 4.24. The van der Waals surface area contributed by atoms with Crippen LogP contribution in [0.5, 0.6) is 0 Å². The van der Waals surface area contributed by atoms with Crippen molar-refractivity contribution in [2.75, 3.05) is 39.5 Å². The summed E-state index contributed by atoms with van der Waals surface area (Å²) in [5.74, 6) is 0.699. The minimum absolute atomic E-state index is 0.461. The standard InChI is InChI=1S/C16H35N5O2S/c1-14-9-6-7-11-21(14)12-8-10-18-15(17-4)19-13-16(2,3)20-24(5,22)23/h14,20H,6-13H2,1-5H3,(H2,17,18,19).